The summed E-state index contributed by atoms with van der Waals surface area (Å²) in [4.78, 5) is 27.4. The zero-order valence-corrected chi connectivity index (χ0v) is 17.6. The van der Waals surface area contributed by atoms with Crippen molar-refractivity contribution in [3.05, 3.63) is 65.2 Å². The summed E-state index contributed by atoms with van der Waals surface area (Å²) in [5.74, 6) is 0.00266. The lowest BCUT2D eigenvalue weighted by Gasteiger charge is -2.39. The third kappa shape index (κ3) is 5.37. The monoisotopic (exact) mass is 393 g/mol. The average Bonchev–Trinajstić information content (AvgIpc) is 2.73. The van der Waals surface area contributed by atoms with Crippen LogP contribution in [0.2, 0.25) is 0 Å². The number of nitrogens with one attached hydrogen (secondary N) is 2. The number of aryl methyl sites for hydroxylation is 2. The van der Waals surface area contributed by atoms with Gasteiger partial charge in [0.15, 0.2) is 0 Å². The number of rotatable bonds is 5. The van der Waals surface area contributed by atoms with Gasteiger partial charge in [0.2, 0.25) is 5.91 Å². The molecule has 3 rings (SSSR count). The molecule has 1 atom stereocenters. The van der Waals surface area contributed by atoms with Gasteiger partial charge in [-0.15, -0.1) is 0 Å². The van der Waals surface area contributed by atoms with E-state index in [1.165, 1.54) is 11.1 Å². The molecule has 0 spiro atoms. The van der Waals surface area contributed by atoms with Gasteiger partial charge in [0.05, 0.1) is 5.41 Å². The summed E-state index contributed by atoms with van der Waals surface area (Å²) in [6.45, 7) is 7.69. The van der Waals surface area contributed by atoms with E-state index in [1.54, 1.807) is 4.90 Å². The molecule has 5 nitrogen and oxygen atoms in total. The van der Waals surface area contributed by atoms with Crippen molar-refractivity contribution in [1.29, 1.82) is 0 Å². The third-order valence-electron chi connectivity index (χ3n) is 5.72. The van der Waals surface area contributed by atoms with E-state index in [2.05, 4.69) is 17.6 Å². The molecular formula is C24H31N3O2. The second kappa shape index (κ2) is 9.12. The Kier molecular flexibility index (Phi) is 6.57. The highest BCUT2D eigenvalue weighted by molar-refractivity contribution is 5.90. The molecule has 0 saturated carbocycles. The van der Waals surface area contributed by atoms with Crippen molar-refractivity contribution in [2.24, 2.45) is 5.41 Å². The van der Waals surface area contributed by atoms with Gasteiger partial charge in [-0.1, -0.05) is 48.9 Å². The van der Waals surface area contributed by atoms with Crippen LogP contribution in [-0.2, 0) is 17.8 Å². The van der Waals surface area contributed by atoms with E-state index in [0.29, 0.717) is 19.6 Å². The molecule has 1 aliphatic heterocycles. The number of carbonyl (C=O) groups excluding carboxylic acids is 2. The van der Waals surface area contributed by atoms with E-state index in [0.717, 1.165) is 30.5 Å². The Morgan fingerprint density at radius 3 is 2.34 bits per heavy atom. The van der Waals surface area contributed by atoms with E-state index in [1.807, 2.05) is 62.4 Å². The largest absolute Gasteiger partial charge is 0.351 e. The van der Waals surface area contributed by atoms with Crippen LogP contribution in [0.4, 0.5) is 10.5 Å². The van der Waals surface area contributed by atoms with E-state index in [4.69, 9.17) is 0 Å². The Labute approximate surface area is 173 Å². The number of likely N-dealkylation sites (tertiary alicyclic amines) is 1. The molecule has 154 valence electrons. The summed E-state index contributed by atoms with van der Waals surface area (Å²) in [5, 5.41) is 6.01. The van der Waals surface area contributed by atoms with Gasteiger partial charge in [-0.05, 0) is 56.4 Å². The zero-order chi connectivity index (χ0) is 20.9. The van der Waals surface area contributed by atoms with Crippen LogP contribution in [0.3, 0.4) is 0 Å². The van der Waals surface area contributed by atoms with Crippen LogP contribution >= 0.6 is 0 Å². The van der Waals surface area contributed by atoms with Gasteiger partial charge in [-0.3, -0.25) is 4.79 Å². The van der Waals surface area contributed by atoms with E-state index in [9.17, 15) is 9.59 Å². The Hall–Kier alpha value is -2.82. The van der Waals surface area contributed by atoms with Crippen molar-refractivity contribution < 1.29 is 9.59 Å². The number of carbonyl (C=O) groups is 2. The van der Waals surface area contributed by atoms with Gasteiger partial charge in [-0.25, -0.2) is 4.79 Å². The normalized spacial score (nSPS) is 18.9. The van der Waals surface area contributed by atoms with Gasteiger partial charge >= 0.3 is 6.03 Å². The Morgan fingerprint density at radius 2 is 1.69 bits per heavy atom. The molecule has 29 heavy (non-hydrogen) atoms. The highest BCUT2D eigenvalue weighted by Crippen LogP contribution is 2.30. The predicted molar refractivity (Wildman–Crippen MR) is 117 cm³/mol. The maximum absolute atomic E-state index is 12.9. The van der Waals surface area contributed by atoms with Crippen molar-refractivity contribution in [3.8, 4) is 0 Å². The molecule has 5 heteroatoms. The van der Waals surface area contributed by atoms with Gasteiger partial charge in [0.1, 0.15) is 0 Å². The van der Waals surface area contributed by atoms with Crippen LogP contribution in [0.15, 0.2) is 48.5 Å². The van der Waals surface area contributed by atoms with E-state index < -0.39 is 5.41 Å². The van der Waals surface area contributed by atoms with Crippen LogP contribution in [0, 0.1) is 12.3 Å². The molecule has 0 aromatic heterocycles. The van der Waals surface area contributed by atoms with Crippen LogP contribution in [-0.4, -0.2) is 29.9 Å². The average molecular weight is 394 g/mol. The summed E-state index contributed by atoms with van der Waals surface area (Å²) in [6, 6.07) is 15.9. The lowest BCUT2D eigenvalue weighted by atomic mass is 9.81. The molecule has 3 amide bonds. The molecule has 0 aliphatic carbocycles. The minimum Gasteiger partial charge on any atom is -0.351 e. The topological polar surface area (TPSA) is 61.4 Å². The summed E-state index contributed by atoms with van der Waals surface area (Å²) in [5.41, 5.74) is 3.72. The first-order valence-corrected chi connectivity index (χ1v) is 10.4. The summed E-state index contributed by atoms with van der Waals surface area (Å²) < 4.78 is 0. The zero-order valence-electron chi connectivity index (χ0n) is 17.6. The maximum atomic E-state index is 12.9. The Balaban J connectivity index is 1.57. The number of hydrogen-bond donors (Lipinski definition) is 2. The molecule has 2 aromatic rings. The van der Waals surface area contributed by atoms with Crippen LogP contribution in [0.25, 0.3) is 0 Å². The maximum Gasteiger partial charge on any atom is 0.321 e. The highest BCUT2D eigenvalue weighted by Gasteiger charge is 2.39. The minimum absolute atomic E-state index is 0.00266. The third-order valence-corrected chi connectivity index (χ3v) is 5.72. The molecule has 1 saturated heterocycles. The number of hydrogen-bond acceptors (Lipinski definition) is 2. The number of benzene rings is 2. The predicted octanol–water partition coefficient (Wildman–Crippen LogP) is 4.51. The standard InChI is InChI=1S/C24H31N3O2/c1-4-19-10-12-21(13-11-19)26-23(29)27-15-5-14-24(3,17-27)22(28)25-16-20-8-6-18(2)7-9-20/h6-13H,4-5,14-17H2,1-3H3,(H,25,28)(H,26,29)/t24-/m0/s1. The molecule has 1 fully saturated rings. The van der Waals surface area contributed by atoms with E-state index in [-0.39, 0.29) is 11.9 Å². The molecular weight excluding hydrogens is 362 g/mol. The van der Waals surface area contributed by atoms with Crippen molar-refractivity contribution in [3.63, 3.8) is 0 Å². The van der Waals surface area contributed by atoms with Crippen molar-refractivity contribution in [2.75, 3.05) is 18.4 Å². The first-order valence-electron chi connectivity index (χ1n) is 10.4. The first kappa shape index (κ1) is 20.9. The van der Waals surface area contributed by atoms with Gasteiger partial charge in [0.25, 0.3) is 0 Å². The number of amides is 3. The summed E-state index contributed by atoms with van der Waals surface area (Å²) in [6.07, 6.45) is 2.56. The number of urea groups is 1. The fourth-order valence-electron chi connectivity index (χ4n) is 3.73. The van der Waals surface area contributed by atoms with Gasteiger partial charge < -0.3 is 15.5 Å². The number of anilines is 1. The van der Waals surface area contributed by atoms with Gasteiger partial charge in [0, 0.05) is 25.3 Å². The fraction of sp³-hybridized carbons (Fsp3) is 0.417. The van der Waals surface area contributed by atoms with Gasteiger partial charge in [-0.2, -0.15) is 0 Å². The minimum atomic E-state index is -0.577. The molecule has 1 heterocycles. The SMILES string of the molecule is CCc1ccc(NC(=O)N2CCC[C@](C)(C(=O)NCc3ccc(C)cc3)C2)cc1. The van der Waals surface area contributed by atoms with Crippen molar-refractivity contribution in [2.45, 2.75) is 46.6 Å². The van der Waals surface area contributed by atoms with Crippen LogP contribution in [0.1, 0.15) is 43.4 Å². The molecule has 0 unspecified atom stereocenters. The molecule has 1 aliphatic rings. The second-order valence-electron chi connectivity index (χ2n) is 8.23. The molecule has 2 N–H and O–H groups in total. The Morgan fingerprint density at radius 1 is 1.03 bits per heavy atom. The smallest absolute Gasteiger partial charge is 0.321 e. The molecule has 0 bridgehead atoms. The van der Waals surface area contributed by atoms with Crippen molar-refractivity contribution >= 4 is 17.6 Å². The lowest BCUT2D eigenvalue weighted by Crippen LogP contribution is -2.52. The Bertz CT molecular complexity index is 845. The number of piperidine rings is 1. The molecule has 2 aromatic carbocycles. The number of nitrogens with zero attached hydrogens (tertiary/aromatic N) is 1. The van der Waals surface area contributed by atoms with E-state index >= 15 is 0 Å². The fourth-order valence-corrected chi connectivity index (χ4v) is 3.73. The van der Waals surface area contributed by atoms with Crippen LogP contribution in [0.5, 0.6) is 0 Å². The second-order valence-corrected chi connectivity index (χ2v) is 8.23. The van der Waals surface area contributed by atoms with Crippen molar-refractivity contribution in [1.82, 2.24) is 10.2 Å². The molecule has 0 radical (unpaired) electrons. The quantitative estimate of drug-likeness (QED) is 0.785. The summed E-state index contributed by atoms with van der Waals surface area (Å²) >= 11 is 0. The lowest BCUT2D eigenvalue weighted by molar-refractivity contribution is -0.132. The van der Waals surface area contributed by atoms with Crippen LogP contribution < -0.4 is 10.6 Å². The first-order chi connectivity index (χ1) is 13.9. The highest BCUT2D eigenvalue weighted by atomic mass is 16.2. The summed E-state index contributed by atoms with van der Waals surface area (Å²) in [7, 11) is 0.